The summed E-state index contributed by atoms with van der Waals surface area (Å²) in [4.78, 5) is 9.72. The Bertz CT molecular complexity index is 215. The predicted octanol–water partition coefficient (Wildman–Crippen LogP) is 2.29. The van der Waals surface area contributed by atoms with E-state index in [1.807, 2.05) is 26.8 Å². The summed E-state index contributed by atoms with van der Waals surface area (Å²) < 4.78 is 9.56. The Balaban J connectivity index is 0.000000561. The Morgan fingerprint density at radius 1 is 1.50 bits per heavy atom. The van der Waals surface area contributed by atoms with Crippen molar-refractivity contribution in [3.63, 3.8) is 0 Å². The van der Waals surface area contributed by atoms with Crippen LogP contribution < -0.4 is 0 Å². The van der Waals surface area contributed by atoms with Crippen LogP contribution in [0.25, 0.3) is 0 Å². The lowest BCUT2D eigenvalue weighted by Crippen LogP contribution is -1.86. The molecule has 1 heterocycles. The zero-order valence-corrected chi connectivity index (χ0v) is 7.66. The smallest absolute Gasteiger partial charge is 0.293 e. The molecular formula is C9H14O3. The molecule has 0 bridgehead atoms. The molecule has 0 saturated carbocycles. The van der Waals surface area contributed by atoms with Crippen molar-refractivity contribution in [3.8, 4) is 0 Å². The van der Waals surface area contributed by atoms with Gasteiger partial charge in [-0.1, -0.05) is 13.8 Å². The molecule has 0 aromatic carbocycles. The summed E-state index contributed by atoms with van der Waals surface area (Å²) in [6.45, 7) is 6.46. The van der Waals surface area contributed by atoms with Gasteiger partial charge < -0.3 is 9.15 Å². The molecule has 0 aliphatic heterocycles. The van der Waals surface area contributed by atoms with Gasteiger partial charge in [-0.15, -0.1) is 0 Å². The van der Waals surface area contributed by atoms with Gasteiger partial charge in [-0.25, -0.2) is 0 Å². The van der Waals surface area contributed by atoms with Gasteiger partial charge >= 0.3 is 0 Å². The van der Waals surface area contributed by atoms with Crippen molar-refractivity contribution in [2.45, 2.75) is 27.4 Å². The second kappa shape index (κ2) is 6.46. The van der Waals surface area contributed by atoms with Crippen LogP contribution in [0.15, 0.2) is 16.5 Å². The van der Waals surface area contributed by atoms with Crippen LogP contribution in [0.3, 0.4) is 0 Å². The summed E-state index contributed by atoms with van der Waals surface area (Å²) >= 11 is 0. The zero-order chi connectivity index (χ0) is 9.40. The third kappa shape index (κ3) is 3.81. The maximum Gasteiger partial charge on any atom is 0.293 e. The lowest BCUT2D eigenvalue weighted by Gasteiger charge is -1.91. The highest BCUT2D eigenvalue weighted by atomic mass is 16.5. The van der Waals surface area contributed by atoms with Crippen molar-refractivity contribution in [1.82, 2.24) is 0 Å². The highest BCUT2D eigenvalue weighted by Gasteiger charge is 1.96. The fourth-order valence-electron chi connectivity index (χ4n) is 0.679. The van der Waals surface area contributed by atoms with Crippen molar-refractivity contribution >= 4 is 6.47 Å². The number of ether oxygens (including phenoxy) is 1. The summed E-state index contributed by atoms with van der Waals surface area (Å²) in [5, 5.41) is 0. The molecule has 0 atom stereocenters. The van der Waals surface area contributed by atoms with Gasteiger partial charge in [0.05, 0.1) is 0 Å². The summed E-state index contributed by atoms with van der Waals surface area (Å²) in [5.74, 6) is 1.49. The first-order valence-electron chi connectivity index (χ1n) is 3.93. The number of hydrogen-bond acceptors (Lipinski definition) is 3. The average Bonchev–Trinajstić information content (AvgIpc) is 2.51. The molecule has 68 valence electrons. The van der Waals surface area contributed by atoms with E-state index in [4.69, 9.17) is 4.42 Å². The lowest BCUT2D eigenvalue weighted by atomic mass is 10.4. The monoisotopic (exact) mass is 170 g/mol. The highest BCUT2D eigenvalue weighted by molar-refractivity contribution is 5.37. The van der Waals surface area contributed by atoms with Gasteiger partial charge in [0.15, 0.2) is 0 Å². The standard InChI is InChI=1S/C7H8O3.C2H6/c1-6-2-3-7(10-6)4-9-5-8;1-2/h2-3,5H,4H2,1H3;1-2H3. The van der Waals surface area contributed by atoms with Crippen LogP contribution in [0.1, 0.15) is 25.4 Å². The number of carbonyl (C=O) groups is 1. The van der Waals surface area contributed by atoms with Crippen molar-refractivity contribution < 1.29 is 13.9 Å². The Morgan fingerprint density at radius 2 is 2.17 bits per heavy atom. The molecule has 0 saturated heterocycles. The molecule has 12 heavy (non-hydrogen) atoms. The van der Waals surface area contributed by atoms with E-state index >= 15 is 0 Å². The molecule has 0 aliphatic carbocycles. The van der Waals surface area contributed by atoms with E-state index < -0.39 is 0 Å². The molecule has 3 nitrogen and oxygen atoms in total. The third-order valence-corrected chi connectivity index (χ3v) is 1.09. The third-order valence-electron chi connectivity index (χ3n) is 1.09. The molecule has 1 aromatic heterocycles. The van der Waals surface area contributed by atoms with Crippen molar-refractivity contribution in [2.75, 3.05) is 0 Å². The molecule has 0 spiro atoms. The lowest BCUT2D eigenvalue weighted by molar-refractivity contribution is -0.130. The topological polar surface area (TPSA) is 39.4 Å². The molecule has 0 amide bonds. The number of carbonyl (C=O) groups excluding carboxylic acids is 1. The number of hydrogen-bond donors (Lipinski definition) is 0. The fraction of sp³-hybridized carbons (Fsp3) is 0.444. The van der Waals surface area contributed by atoms with Gasteiger partial charge in [0, 0.05) is 0 Å². The van der Waals surface area contributed by atoms with E-state index in [1.165, 1.54) is 0 Å². The maximum atomic E-state index is 9.72. The Kier molecular flexibility index (Phi) is 5.79. The summed E-state index contributed by atoms with van der Waals surface area (Å²) in [6, 6.07) is 3.60. The van der Waals surface area contributed by atoms with E-state index in [0.717, 1.165) is 5.76 Å². The van der Waals surface area contributed by atoms with E-state index in [1.54, 1.807) is 6.07 Å². The maximum absolute atomic E-state index is 9.72. The summed E-state index contributed by atoms with van der Waals surface area (Å²) in [7, 11) is 0. The largest absolute Gasteiger partial charge is 0.463 e. The Labute approximate surface area is 72.3 Å². The Hall–Kier alpha value is -1.25. The molecule has 0 N–H and O–H groups in total. The minimum Gasteiger partial charge on any atom is -0.463 e. The predicted molar refractivity (Wildman–Crippen MR) is 45.6 cm³/mol. The second-order valence-corrected chi connectivity index (χ2v) is 1.92. The van der Waals surface area contributed by atoms with Crippen LogP contribution in [-0.2, 0) is 16.1 Å². The van der Waals surface area contributed by atoms with Crippen molar-refractivity contribution in [2.24, 2.45) is 0 Å². The fourth-order valence-corrected chi connectivity index (χ4v) is 0.679. The van der Waals surface area contributed by atoms with Crippen LogP contribution in [0, 0.1) is 6.92 Å². The van der Waals surface area contributed by atoms with E-state index in [2.05, 4.69) is 4.74 Å². The van der Waals surface area contributed by atoms with Crippen molar-refractivity contribution in [1.29, 1.82) is 0 Å². The molecular weight excluding hydrogens is 156 g/mol. The minimum absolute atomic E-state index is 0.220. The van der Waals surface area contributed by atoms with Crippen LogP contribution in [-0.4, -0.2) is 6.47 Å². The SMILES string of the molecule is CC.Cc1ccc(COC=O)o1. The van der Waals surface area contributed by atoms with Crippen LogP contribution in [0.4, 0.5) is 0 Å². The van der Waals surface area contributed by atoms with Gasteiger partial charge in [0.2, 0.25) is 0 Å². The molecule has 0 unspecified atom stereocenters. The number of rotatable bonds is 3. The van der Waals surface area contributed by atoms with Gasteiger partial charge in [-0.05, 0) is 19.1 Å². The molecule has 1 aromatic rings. The first kappa shape index (κ1) is 10.8. The van der Waals surface area contributed by atoms with E-state index in [0.29, 0.717) is 12.2 Å². The molecule has 3 heteroatoms. The summed E-state index contributed by atoms with van der Waals surface area (Å²) in [5.41, 5.74) is 0. The molecule has 0 fully saturated rings. The van der Waals surface area contributed by atoms with Gasteiger partial charge in [-0.3, -0.25) is 4.79 Å². The van der Waals surface area contributed by atoms with Crippen molar-refractivity contribution in [3.05, 3.63) is 23.7 Å². The Morgan fingerprint density at radius 3 is 2.58 bits per heavy atom. The first-order valence-corrected chi connectivity index (χ1v) is 3.93. The molecule has 1 rings (SSSR count). The normalized spacial score (nSPS) is 8.25. The van der Waals surface area contributed by atoms with Crippen LogP contribution in [0.2, 0.25) is 0 Å². The quantitative estimate of drug-likeness (QED) is 0.653. The highest BCUT2D eigenvalue weighted by Crippen LogP contribution is 2.06. The van der Waals surface area contributed by atoms with Gasteiger partial charge in [0.1, 0.15) is 18.1 Å². The van der Waals surface area contributed by atoms with Gasteiger partial charge in [0.25, 0.3) is 6.47 Å². The van der Waals surface area contributed by atoms with Gasteiger partial charge in [-0.2, -0.15) is 0 Å². The van der Waals surface area contributed by atoms with Crippen LogP contribution in [0.5, 0.6) is 0 Å². The second-order valence-electron chi connectivity index (χ2n) is 1.92. The molecule has 0 aliphatic rings. The minimum atomic E-state index is 0.220. The first-order chi connectivity index (χ1) is 5.83. The van der Waals surface area contributed by atoms with E-state index in [-0.39, 0.29) is 6.61 Å². The summed E-state index contributed by atoms with van der Waals surface area (Å²) in [6.07, 6.45) is 0. The van der Waals surface area contributed by atoms with Crippen LogP contribution >= 0.6 is 0 Å². The molecule has 0 radical (unpaired) electrons. The van der Waals surface area contributed by atoms with E-state index in [9.17, 15) is 4.79 Å². The number of furan rings is 1. The number of aryl methyl sites for hydroxylation is 1. The zero-order valence-electron chi connectivity index (χ0n) is 7.66. The average molecular weight is 170 g/mol.